The molecule has 0 amide bonds. The van der Waals surface area contributed by atoms with Gasteiger partial charge in [0.15, 0.2) is 11.2 Å². The highest BCUT2D eigenvalue weighted by Crippen LogP contribution is 2.70. The van der Waals surface area contributed by atoms with Gasteiger partial charge < -0.3 is 28.4 Å². The van der Waals surface area contributed by atoms with Crippen LogP contribution in [0.25, 0.3) is 160 Å². The Labute approximate surface area is 798 Å². The summed E-state index contributed by atoms with van der Waals surface area (Å²) in [6.07, 6.45) is 0. The number of rotatable bonds is 13. The summed E-state index contributed by atoms with van der Waals surface area (Å²) in [5.74, 6) is 0. The van der Waals surface area contributed by atoms with Gasteiger partial charge in [0.05, 0.1) is 43.0 Å². The predicted octanol–water partition coefficient (Wildman–Crippen LogP) is 36.9. The van der Waals surface area contributed by atoms with Gasteiger partial charge in [0.1, 0.15) is 11.2 Å². The summed E-state index contributed by atoms with van der Waals surface area (Å²) >= 11 is 7.63. The first-order valence-corrected chi connectivity index (χ1v) is 49.7. The molecule has 26 aromatic rings. The number of thiophene rings is 4. The van der Waals surface area contributed by atoms with E-state index < -0.39 is 10.8 Å². The van der Waals surface area contributed by atoms with Crippen molar-refractivity contribution in [1.82, 2.24) is 0 Å². The van der Waals surface area contributed by atoms with E-state index in [-0.39, 0.29) is 0 Å². The maximum absolute atomic E-state index is 7.66. The van der Waals surface area contributed by atoms with Gasteiger partial charge in [0, 0.05) is 139 Å². The molecular formula is C126H74N4O2S4. The van der Waals surface area contributed by atoms with Crippen LogP contribution in [0.2, 0.25) is 0 Å². The van der Waals surface area contributed by atoms with Crippen molar-refractivity contribution in [2.24, 2.45) is 0 Å². The number of anilines is 12. The van der Waals surface area contributed by atoms with Gasteiger partial charge in [0.2, 0.25) is 0 Å². The van der Waals surface area contributed by atoms with E-state index >= 15 is 0 Å². The number of furan rings is 2. The van der Waals surface area contributed by atoms with Crippen molar-refractivity contribution >= 4 is 218 Å². The fraction of sp³-hybridized carbons (Fsp3) is 0.0159. The van der Waals surface area contributed by atoms with Gasteiger partial charge in [-0.1, -0.05) is 285 Å². The van der Waals surface area contributed by atoms with Crippen molar-refractivity contribution in [3.05, 3.63) is 492 Å². The highest BCUT2D eigenvalue weighted by atomic mass is 32.1. The number of benzene rings is 20. The summed E-state index contributed by atoms with van der Waals surface area (Å²) in [5.41, 5.74) is 34.2. The maximum atomic E-state index is 7.66. The molecule has 2 atom stereocenters. The molecule has 0 saturated heterocycles. The Morgan fingerprint density at radius 3 is 1.04 bits per heavy atom. The fourth-order valence-corrected chi connectivity index (χ4v) is 29.2. The summed E-state index contributed by atoms with van der Waals surface area (Å²) < 4.78 is 22.1. The third-order valence-electron chi connectivity index (χ3n) is 29.4. The molecule has 0 N–H and O–H groups in total. The highest BCUT2D eigenvalue weighted by molar-refractivity contribution is 7.27. The molecule has 0 saturated carbocycles. The molecule has 2 unspecified atom stereocenters. The summed E-state index contributed by atoms with van der Waals surface area (Å²) in [7, 11) is 0. The minimum atomic E-state index is -0.749. The van der Waals surface area contributed by atoms with Gasteiger partial charge in [0.25, 0.3) is 0 Å². The van der Waals surface area contributed by atoms with E-state index in [1.165, 1.54) is 148 Å². The summed E-state index contributed by atoms with van der Waals surface area (Å²) in [6, 6.07) is 168. The second-order valence-corrected chi connectivity index (χ2v) is 40.4. The quantitative estimate of drug-likeness (QED) is 0.115. The van der Waals surface area contributed by atoms with Gasteiger partial charge in [-0.05, 0) is 242 Å². The average Bonchev–Trinajstić information content (AvgIpc) is 1.50. The Morgan fingerprint density at radius 1 is 0.191 bits per heavy atom. The Bertz CT molecular complexity index is 9580. The lowest BCUT2D eigenvalue weighted by Crippen LogP contribution is -2.25. The van der Waals surface area contributed by atoms with Crippen LogP contribution in [-0.2, 0) is 10.8 Å². The average molecular weight is 1800 g/mol. The van der Waals surface area contributed by atoms with Crippen LogP contribution in [0.1, 0.15) is 43.1 Å². The third-order valence-corrected chi connectivity index (χ3v) is 34.4. The minimum Gasteiger partial charge on any atom is -0.454 e. The normalized spacial score (nSPS) is 14.7. The standard InChI is InChI=1S/C126H74N4O2S4/c1-5-31-76(32-6-1)127(106-52-27-47-92-89-41-15-22-55-110(89)131-119(92)106)81-63-67-94-104(73-81)125(123-117(94)96-44-18-25-59-114(96)135-123)100-50-20-13-39-85(100)87-65-61-80(71-102(87)125)128(77-33-7-2-8-34-77)107-53-29-49-98-116-84(46-30-56-111(116)132-120(98)107)75-69-99-91-43-17-24-58-113(91)134-122(99)109(70-75)130(79-37-11-4-12-38-79)83-64-68-95-105(74-83)126(124-118(95)97-45-19-26-60-115(97)136-124)101-51-21-14-40-86(101)88-66-62-82(72-103(88)126)129(78-35-9-3-10-36-78)108-54-28-48-93-90-42-16-23-57-112(90)133-121(93)108/h1-74H. The van der Waals surface area contributed by atoms with E-state index in [1.807, 2.05) is 45.3 Å². The largest absolute Gasteiger partial charge is 0.454 e. The van der Waals surface area contributed by atoms with Gasteiger partial charge in [-0.2, -0.15) is 0 Å². The van der Waals surface area contributed by atoms with Gasteiger partial charge in [-0.25, -0.2) is 0 Å². The molecule has 4 aliphatic rings. The lowest BCUT2D eigenvalue weighted by molar-refractivity contribution is 0.669. The second kappa shape index (κ2) is 29.0. The molecule has 0 aliphatic heterocycles. The first-order chi connectivity index (χ1) is 67.5. The van der Waals surface area contributed by atoms with Crippen LogP contribution in [0.3, 0.4) is 0 Å². The van der Waals surface area contributed by atoms with Crippen LogP contribution in [0.5, 0.6) is 0 Å². The van der Waals surface area contributed by atoms with Crippen LogP contribution < -0.4 is 19.6 Å². The highest BCUT2D eigenvalue weighted by Gasteiger charge is 2.56. The molecule has 0 fully saturated rings. The summed E-state index contributed by atoms with van der Waals surface area (Å²) in [4.78, 5) is 12.6. The van der Waals surface area contributed by atoms with E-state index in [1.54, 1.807) is 0 Å². The number of para-hydroxylation sites is 7. The van der Waals surface area contributed by atoms with Crippen molar-refractivity contribution in [3.8, 4) is 55.6 Å². The van der Waals surface area contributed by atoms with Gasteiger partial charge in [-0.15, -0.1) is 45.3 Å². The number of hydrogen-bond acceptors (Lipinski definition) is 10. The monoisotopic (exact) mass is 1800 g/mol. The van der Waals surface area contributed by atoms with Crippen molar-refractivity contribution in [1.29, 1.82) is 0 Å². The zero-order valence-electron chi connectivity index (χ0n) is 73.0. The molecule has 2 spiro atoms. The Morgan fingerprint density at radius 2 is 0.529 bits per heavy atom. The molecule has 20 aromatic carbocycles. The lowest BCUT2D eigenvalue weighted by Gasteiger charge is -2.33. The Kier molecular flexibility index (Phi) is 16.3. The van der Waals surface area contributed by atoms with Crippen molar-refractivity contribution in [2.45, 2.75) is 10.8 Å². The van der Waals surface area contributed by atoms with E-state index in [0.717, 1.165) is 123 Å². The minimum absolute atomic E-state index is 0.728. The van der Waals surface area contributed by atoms with Crippen LogP contribution in [0.4, 0.5) is 68.2 Å². The first kappa shape index (κ1) is 76.1. The molecule has 4 aliphatic carbocycles. The van der Waals surface area contributed by atoms with E-state index in [9.17, 15) is 0 Å². The van der Waals surface area contributed by atoms with E-state index in [4.69, 9.17) is 8.83 Å². The molecule has 10 heteroatoms. The van der Waals surface area contributed by atoms with Gasteiger partial charge >= 0.3 is 0 Å². The Hall–Kier alpha value is -16.4. The maximum Gasteiger partial charge on any atom is 0.159 e. The van der Waals surface area contributed by atoms with Crippen LogP contribution in [-0.4, -0.2) is 0 Å². The molecule has 6 heterocycles. The van der Waals surface area contributed by atoms with Crippen LogP contribution in [0, 0.1) is 0 Å². The van der Waals surface area contributed by atoms with E-state index in [2.05, 4.69) is 469 Å². The van der Waals surface area contributed by atoms with Gasteiger partial charge in [-0.3, -0.25) is 0 Å². The smallest absolute Gasteiger partial charge is 0.159 e. The fourth-order valence-electron chi connectivity index (χ4n) is 23.9. The lowest BCUT2D eigenvalue weighted by atomic mass is 9.73. The number of nitrogens with zero attached hydrogens (tertiary/aromatic N) is 4. The van der Waals surface area contributed by atoms with Crippen molar-refractivity contribution in [2.75, 3.05) is 19.6 Å². The molecule has 634 valence electrons. The molecule has 0 bridgehead atoms. The molecule has 6 nitrogen and oxygen atoms in total. The van der Waals surface area contributed by atoms with Crippen molar-refractivity contribution < 1.29 is 8.83 Å². The summed E-state index contributed by atoms with van der Waals surface area (Å²) in [5, 5.41) is 11.7. The third kappa shape index (κ3) is 10.6. The zero-order valence-corrected chi connectivity index (χ0v) is 76.2. The molecule has 0 radical (unpaired) electrons. The summed E-state index contributed by atoms with van der Waals surface area (Å²) in [6.45, 7) is 0. The molecule has 136 heavy (non-hydrogen) atoms. The second-order valence-electron chi connectivity index (χ2n) is 36.2. The SMILES string of the molecule is c1ccc(N(c2ccc3c(c2)C2(c4ccccc4-c4ccc(N(c5ccccc5)c5cccc6c5oc5cccc(-c7cc(N(c8ccccc8)c8ccc9c(c8)C8(c%10ccccc%10-c%10ccc(N(c%11ccccc%11)c%11cccc%12c%11sc%11ccccc%11%12)cc%108)c8sc%10ccccc%10c8-9)c8sc9ccccc9c8c7)c56)cc42)c2sc4ccccc4c2-3)c2cccc3c2oc2ccccc23)cc1. The van der Waals surface area contributed by atoms with Crippen LogP contribution in [0.15, 0.2) is 458 Å². The molecular weight excluding hydrogens is 1730 g/mol. The van der Waals surface area contributed by atoms with Crippen molar-refractivity contribution in [3.63, 3.8) is 0 Å². The molecule has 6 aromatic heterocycles. The van der Waals surface area contributed by atoms with E-state index in [0.29, 0.717) is 0 Å². The predicted molar refractivity (Wildman–Crippen MR) is 574 cm³/mol. The number of fused-ring (bicyclic) bond motifs is 36. The van der Waals surface area contributed by atoms with Crippen LogP contribution >= 0.6 is 45.3 Å². The number of hydrogen-bond donors (Lipinski definition) is 0. The first-order valence-electron chi connectivity index (χ1n) is 46.4. The Balaban J connectivity index is 0.603. The topological polar surface area (TPSA) is 39.2 Å². The molecule has 30 rings (SSSR count). The zero-order chi connectivity index (χ0) is 88.7.